The van der Waals surface area contributed by atoms with Crippen molar-refractivity contribution in [1.29, 1.82) is 0 Å². The highest BCUT2D eigenvalue weighted by molar-refractivity contribution is 5.69. The van der Waals surface area contributed by atoms with Gasteiger partial charge in [0.15, 0.2) is 0 Å². The second-order valence-corrected chi connectivity index (χ2v) is 10.6. The number of ether oxygens (including phenoxy) is 1. The normalized spacial score (nSPS) is 11.6. The van der Waals surface area contributed by atoms with E-state index in [0.29, 0.717) is 18.9 Å². The Labute approximate surface area is 215 Å². The predicted molar refractivity (Wildman–Crippen MR) is 151 cm³/mol. The number of rotatable bonds is 27. The molecule has 0 fully saturated rings. The molecule has 0 aliphatic carbocycles. The minimum Gasteiger partial charge on any atom is -0.465 e. The maximum absolute atomic E-state index is 12.2. The number of unbranched alkanes of at least 4 members (excludes halogenated alkanes) is 17. The minimum absolute atomic E-state index is 0.0322. The highest BCUT2D eigenvalue weighted by Crippen LogP contribution is 2.19. The van der Waals surface area contributed by atoms with Crippen molar-refractivity contribution in [3.63, 3.8) is 0 Å². The van der Waals surface area contributed by atoms with E-state index in [2.05, 4.69) is 32.9 Å². The van der Waals surface area contributed by atoms with Gasteiger partial charge in [0.05, 0.1) is 6.61 Å². The van der Waals surface area contributed by atoms with Gasteiger partial charge in [0.2, 0.25) is 0 Å². The monoisotopic (exact) mass is 478 g/mol. The van der Waals surface area contributed by atoms with Crippen molar-refractivity contribution in [2.45, 2.75) is 175 Å². The maximum atomic E-state index is 12.2. The van der Waals surface area contributed by atoms with Crippen LogP contribution in [0.2, 0.25) is 0 Å². The highest BCUT2D eigenvalue weighted by atomic mass is 16.5. The fourth-order valence-corrected chi connectivity index (χ4v) is 4.65. The fourth-order valence-electron chi connectivity index (χ4n) is 4.65. The van der Waals surface area contributed by atoms with Crippen LogP contribution in [0.25, 0.3) is 0 Å². The SMILES string of the molecule is CCCCCCCCC=CCCCCCCCC(=O)OCC(CCCCCC)CCCCCC. The third kappa shape index (κ3) is 25.8. The lowest BCUT2D eigenvalue weighted by molar-refractivity contribution is -0.145. The molecule has 0 aliphatic rings. The Bertz CT molecular complexity index is 417. The Morgan fingerprint density at radius 3 is 1.47 bits per heavy atom. The van der Waals surface area contributed by atoms with Crippen molar-refractivity contribution in [2.24, 2.45) is 5.92 Å². The standard InChI is InChI=1S/C32H62O2/c1-4-7-10-13-14-15-16-17-18-19-20-21-22-23-26-29-32(33)34-30-31(27-24-11-8-5-2)28-25-12-9-6-3/h17-18,31H,4-16,19-30H2,1-3H3. The fraction of sp³-hybridized carbons (Fsp3) is 0.906. The van der Waals surface area contributed by atoms with E-state index < -0.39 is 0 Å². The van der Waals surface area contributed by atoms with Gasteiger partial charge in [0, 0.05) is 6.42 Å². The van der Waals surface area contributed by atoms with E-state index in [9.17, 15) is 4.79 Å². The van der Waals surface area contributed by atoms with Gasteiger partial charge in [-0.25, -0.2) is 0 Å². The highest BCUT2D eigenvalue weighted by Gasteiger charge is 2.12. The summed E-state index contributed by atoms with van der Waals surface area (Å²) in [5.74, 6) is 0.608. The van der Waals surface area contributed by atoms with Crippen LogP contribution in [-0.2, 0) is 9.53 Å². The van der Waals surface area contributed by atoms with E-state index in [1.807, 2.05) is 0 Å². The van der Waals surface area contributed by atoms with Crippen molar-refractivity contribution in [1.82, 2.24) is 0 Å². The molecule has 0 saturated heterocycles. The summed E-state index contributed by atoms with van der Waals surface area (Å²) in [6.07, 6.45) is 35.0. The molecule has 0 spiro atoms. The average Bonchev–Trinajstić information content (AvgIpc) is 2.84. The summed E-state index contributed by atoms with van der Waals surface area (Å²) in [6, 6.07) is 0. The molecule has 0 unspecified atom stereocenters. The molecule has 0 saturated carbocycles. The van der Waals surface area contributed by atoms with Crippen molar-refractivity contribution in [3.05, 3.63) is 12.2 Å². The molecule has 0 N–H and O–H groups in total. The molecule has 0 aliphatic heterocycles. The van der Waals surface area contributed by atoms with Gasteiger partial charge in [0.25, 0.3) is 0 Å². The van der Waals surface area contributed by atoms with E-state index in [-0.39, 0.29) is 5.97 Å². The van der Waals surface area contributed by atoms with Crippen LogP contribution in [0.3, 0.4) is 0 Å². The summed E-state index contributed by atoms with van der Waals surface area (Å²) in [7, 11) is 0. The van der Waals surface area contributed by atoms with Crippen molar-refractivity contribution >= 4 is 5.97 Å². The van der Waals surface area contributed by atoms with Gasteiger partial charge in [-0.15, -0.1) is 0 Å². The first-order chi connectivity index (χ1) is 16.7. The zero-order valence-electron chi connectivity index (χ0n) is 23.7. The van der Waals surface area contributed by atoms with E-state index >= 15 is 0 Å². The van der Waals surface area contributed by atoms with Gasteiger partial charge in [0.1, 0.15) is 0 Å². The first-order valence-electron chi connectivity index (χ1n) is 15.5. The van der Waals surface area contributed by atoms with E-state index in [0.717, 1.165) is 12.8 Å². The molecular weight excluding hydrogens is 416 g/mol. The molecule has 2 heteroatoms. The lowest BCUT2D eigenvalue weighted by Gasteiger charge is -2.17. The van der Waals surface area contributed by atoms with Crippen LogP contribution < -0.4 is 0 Å². The van der Waals surface area contributed by atoms with Crippen LogP contribution in [0.1, 0.15) is 175 Å². The van der Waals surface area contributed by atoms with Gasteiger partial charge in [-0.3, -0.25) is 4.79 Å². The average molecular weight is 479 g/mol. The van der Waals surface area contributed by atoms with Gasteiger partial charge in [-0.2, -0.15) is 0 Å². The van der Waals surface area contributed by atoms with Gasteiger partial charge in [-0.05, 0) is 50.9 Å². The quantitative estimate of drug-likeness (QED) is 0.0666. The molecule has 0 amide bonds. The molecule has 0 atom stereocenters. The van der Waals surface area contributed by atoms with Crippen LogP contribution in [0.15, 0.2) is 12.2 Å². The van der Waals surface area contributed by atoms with Gasteiger partial charge < -0.3 is 4.74 Å². The number of allylic oxidation sites excluding steroid dienone is 2. The molecule has 0 heterocycles. The number of hydrogen-bond acceptors (Lipinski definition) is 2. The Morgan fingerprint density at radius 1 is 0.559 bits per heavy atom. The second kappa shape index (κ2) is 28.4. The second-order valence-electron chi connectivity index (χ2n) is 10.6. The molecule has 0 bridgehead atoms. The van der Waals surface area contributed by atoms with Crippen molar-refractivity contribution in [2.75, 3.05) is 6.61 Å². The summed E-state index contributed by atoms with van der Waals surface area (Å²) in [5, 5.41) is 0. The summed E-state index contributed by atoms with van der Waals surface area (Å²) in [6.45, 7) is 7.46. The van der Waals surface area contributed by atoms with Gasteiger partial charge in [-0.1, -0.05) is 136 Å². The molecule has 0 rings (SSSR count). The van der Waals surface area contributed by atoms with Gasteiger partial charge >= 0.3 is 5.97 Å². The number of esters is 1. The molecule has 202 valence electrons. The molecule has 34 heavy (non-hydrogen) atoms. The summed E-state index contributed by atoms with van der Waals surface area (Å²) in [4.78, 5) is 12.2. The lowest BCUT2D eigenvalue weighted by atomic mass is 9.95. The van der Waals surface area contributed by atoms with Crippen LogP contribution >= 0.6 is 0 Å². The molecule has 0 aromatic rings. The lowest BCUT2D eigenvalue weighted by Crippen LogP contribution is -2.14. The third-order valence-electron chi connectivity index (χ3n) is 7.05. The van der Waals surface area contributed by atoms with Crippen LogP contribution in [-0.4, -0.2) is 12.6 Å². The molecule has 2 nitrogen and oxygen atoms in total. The smallest absolute Gasteiger partial charge is 0.305 e. The molecule has 0 aromatic heterocycles. The topological polar surface area (TPSA) is 26.3 Å². The molecular formula is C32H62O2. The summed E-state index contributed by atoms with van der Waals surface area (Å²) >= 11 is 0. The number of carbonyl (C=O) groups excluding carboxylic acids is 1. The first-order valence-corrected chi connectivity index (χ1v) is 15.5. The predicted octanol–water partition coefficient (Wildman–Crippen LogP) is 11.1. The van der Waals surface area contributed by atoms with Crippen LogP contribution in [0.4, 0.5) is 0 Å². The van der Waals surface area contributed by atoms with E-state index in [1.54, 1.807) is 0 Å². The van der Waals surface area contributed by atoms with Crippen molar-refractivity contribution < 1.29 is 9.53 Å². The zero-order valence-corrected chi connectivity index (χ0v) is 23.7. The Hall–Kier alpha value is -0.790. The first kappa shape index (κ1) is 33.2. The summed E-state index contributed by atoms with van der Waals surface area (Å²) in [5.41, 5.74) is 0. The van der Waals surface area contributed by atoms with Crippen LogP contribution in [0, 0.1) is 5.92 Å². The molecule has 0 radical (unpaired) electrons. The maximum Gasteiger partial charge on any atom is 0.305 e. The van der Waals surface area contributed by atoms with Crippen molar-refractivity contribution in [3.8, 4) is 0 Å². The Morgan fingerprint density at radius 2 is 0.971 bits per heavy atom. The molecule has 0 aromatic carbocycles. The summed E-state index contributed by atoms with van der Waals surface area (Å²) < 4.78 is 5.69. The zero-order chi connectivity index (χ0) is 25.0. The largest absolute Gasteiger partial charge is 0.465 e. The Balaban J connectivity index is 3.66. The van der Waals surface area contributed by atoms with Crippen LogP contribution in [0.5, 0.6) is 0 Å². The number of hydrogen-bond donors (Lipinski definition) is 0. The van der Waals surface area contributed by atoms with E-state index in [4.69, 9.17) is 4.74 Å². The third-order valence-corrected chi connectivity index (χ3v) is 7.05. The minimum atomic E-state index is 0.0322. The number of carbonyl (C=O) groups is 1. The Kier molecular flexibility index (Phi) is 27.8. The van der Waals surface area contributed by atoms with E-state index in [1.165, 1.54) is 135 Å².